The molecule has 1 aromatic carbocycles. The molecule has 0 radical (unpaired) electrons. The van der Waals surface area contributed by atoms with Crippen LogP contribution in [0.5, 0.6) is 0 Å². The van der Waals surface area contributed by atoms with E-state index in [1.54, 1.807) is 24.3 Å². The van der Waals surface area contributed by atoms with Crippen LogP contribution in [0.3, 0.4) is 0 Å². The molecule has 1 aromatic rings. The molecule has 0 aliphatic carbocycles. The van der Waals surface area contributed by atoms with E-state index in [0.29, 0.717) is 24.2 Å². The summed E-state index contributed by atoms with van der Waals surface area (Å²) in [6.07, 6.45) is 1.96. The van der Waals surface area contributed by atoms with Crippen LogP contribution < -0.4 is 0 Å². The summed E-state index contributed by atoms with van der Waals surface area (Å²) in [5.74, 6) is 0.446. The smallest absolute Gasteiger partial charge is 0.162 e. The number of rotatable bonds is 8. The minimum absolute atomic E-state index is 0.0117. The number of sulfone groups is 1. The summed E-state index contributed by atoms with van der Waals surface area (Å²) in [6, 6.07) is 7.09. The molecular weight excluding hydrogens is 364 g/mol. The number of hydrogen-bond acceptors (Lipinski definition) is 4. The van der Waals surface area contributed by atoms with E-state index in [-0.39, 0.29) is 17.3 Å². The molecule has 0 heterocycles. The molecule has 0 bridgehead atoms. The zero-order chi connectivity index (χ0) is 15.2. The van der Waals surface area contributed by atoms with E-state index in [9.17, 15) is 17.4 Å². The van der Waals surface area contributed by atoms with Crippen LogP contribution in [0.4, 0.5) is 0 Å². The minimum atomic E-state index is -3.07. The third-order valence-electron chi connectivity index (χ3n) is 2.62. The number of ketones is 1. The SMILES string of the molecule is CS(=O)(=O)CCS(=O)CCCC(=O)c1ccc(Br)cc1. The molecule has 0 spiro atoms. The predicted molar refractivity (Wildman–Crippen MR) is 85.3 cm³/mol. The van der Waals surface area contributed by atoms with Gasteiger partial charge in [-0.15, -0.1) is 0 Å². The molecule has 1 rings (SSSR count). The largest absolute Gasteiger partial charge is 0.294 e. The van der Waals surface area contributed by atoms with Crippen molar-refractivity contribution in [1.29, 1.82) is 0 Å². The third-order valence-corrected chi connectivity index (χ3v) is 5.76. The molecule has 0 amide bonds. The molecule has 7 heteroatoms. The summed E-state index contributed by atoms with van der Waals surface area (Å²) in [5, 5.41) is 0. The van der Waals surface area contributed by atoms with Gasteiger partial charge in [-0.05, 0) is 18.6 Å². The lowest BCUT2D eigenvalue weighted by atomic mass is 10.1. The topological polar surface area (TPSA) is 68.3 Å². The van der Waals surface area contributed by atoms with Crippen LogP contribution in [0.25, 0.3) is 0 Å². The van der Waals surface area contributed by atoms with Crippen molar-refractivity contribution >= 4 is 42.4 Å². The van der Waals surface area contributed by atoms with Gasteiger partial charge in [-0.1, -0.05) is 28.1 Å². The number of benzene rings is 1. The molecule has 0 aliphatic heterocycles. The van der Waals surface area contributed by atoms with Crippen LogP contribution in [-0.2, 0) is 20.6 Å². The highest BCUT2D eigenvalue weighted by molar-refractivity contribution is 9.10. The average molecular weight is 381 g/mol. The number of halogens is 1. The lowest BCUT2D eigenvalue weighted by Crippen LogP contribution is -2.14. The molecule has 20 heavy (non-hydrogen) atoms. The molecule has 1 unspecified atom stereocenters. The number of carbonyl (C=O) groups excluding carboxylic acids is 1. The summed E-state index contributed by atoms with van der Waals surface area (Å²) in [7, 11) is -4.25. The fourth-order valence-electron chi connectivity index (χ4n) is 1.52. The summed E-state index contributed by atoms with van der Waals surface area (Å²) in [5.41, 5.74) is 0.634. The fraction of sp³-hybridized carbons (Fsp3) is 0.462. The predicted octanol–water partition coefficient (Wildman–Crippen LogP) is 2.21. The molecule has 0 N–H and O–H groups in total. The van der Waals surface area contributed by atoms with Gasteiger partial charge in [0.2, 0.25) is 0 Å². The second-order valence-corrected chi connectivity index (χ2v) is 9.38. The average Bonchev–Trinajstić information content (AvgIpc) is 2.36. The van der Waals surface area contributed by atoms with E-state index >= 15 is 0 Å². The number of carbonyl (C=O) groups is 1. The minimum Gasteiger partial charge on any atom is -0.294 e. The molecule has 0 aromatic heterocycles. The van der Waals surface area contributed by atoms with Crippen molar-refractivity contribution in [2.24, 2.45) is 0 Å². The Hall–Kier alpha value is -0.530. The summed E-state index contributed by atoms with van der Waals surface area (Å²) >= 11 is 3.30. The van der Waals surface area contributed by atoms with Crippen LogP contribution in [0.1, 0.15) is 23.2 Å². The van der Waals surface area contributed by atoms with Crippen molar-refractivity contribution in [3.63, 3.8) is 0 Å². The van der Waals surface area contributed by atoms with Crippen molar-refractivity contribution < 1.29 is 17.4 Å². The number of Topliss-reactive ketones (excluding diaryl/α,β-unsaturated/α-hetero) is 1. The Morgan fingerprint density at radius 2 is 1.80 bits per heavy atom. The van der Waals surface area contributed by atoms with Crippen LogP contribution in [0, 0.1) is 0 Å². The van der Waals surface area contributed by atoms with Crippen LogP contribution in [0.2, 0.25) is 0 Å². The van der Waals surface area contributed by atoms with Gasteiger partial charge in [-0.25, -0.2) is 8.42 Å². The standard InChI is InChI=1S/C13H17BrO4S2/c1-20(17,18)10-9-19(16)8-2-3-13(15)11-4-6-12(14)7-5-11/h4-7H,2-3,8-10H2,1H3. The third kappa shape index (κ3) is 7.31. The fourth-order valence-corrected chi connectivity index (χ4v) is 4.41. The lowest BCUT2D eigenvalue weighted by Gasteiger charge is -2.02. The van der Waals surface area contributed by atoms with E-state index in [1.807, 2.05) is 0 Å². The van der Waals surface area contributed by atoms with E-state index in [1.165, 1.54) is 0 Å². The number of hydrogen-bond donors (Lipinski definition) is 0. The Balaban J connectivity index is 2.32. The van der Waals surface area contributed by atoms with Crippen LogP contribution >= 0.6 is 15.9 Å². The highest BCUT2D eigenvalue weighted by Crippen LogP contribution is 2.12. The first-order valence-electron chi connectivity index (χ1n) is 6.09. The molecule has 0 aliphatic rings. The van der Waals surface area contributed by atoms with Crippen LogP contribution in [0.15, 0.2) is 28.7 Å². The second-order valence-electron chi connectivity index (χ2n) is 4.51. The Kier molecular flexibility index (Phi) is 7.05. The first kappa shape index (κ1) is 17.5. The maximum Gasteiger partial charge on any atom is 0.162 e. The first-order valence-corrected chi connectivity index (χ1v) is 10.4. The molecule has 112 valence electrons. The molecule has 0 saturated heterocycles. The van der Waals surface area contributed by atoms with Crippen LogP contribution in [-0.4, -0.2) is 41.9 Å². The Morgan fingerprint density at radius 1 is 1.20 bits per heavy atom. The monoisotopic (exact) mass is 380 g/mol. The van der Waals surface area contributed by atoms with Crippen molar-refractivity contribution in [1.82, 2.24) is 0 Å². The van der Waals surface area contributed by atoms with Gasteiger partial charge < -0.3 is 0 Å². The zero-order valence-corrected chi connectivity index (χ0v) is 14.4. The van der Waals surface area contributed by atoms with Gasteiger partial charge in [0, 0.05) is 45.0 Å². The normalized spacial score (nSPS) is 13.1. The summed E-state index contributed by atoms with van der Waals surface area (Å²) < 4.78 is 34.4. The Bertz CT molecular complexity index is 579. The quantitative estimate of drug-likeness (QED) is 0.648. The second kappa shape index (κ2) is 8.05. The highest BCUT2D eigenvalue weighted by Gasteiger charge is 2.09. The molecular formula is C13H17BrO4S2. The van der Waals surface area contributed by atoms with Gasteiger partial charge in [0.15, 0.2) is 5.78 Å². The lowest BCUT2D eigenvalue weighted by molar-refractivity contribution is 0.0982. The van der Waals surface area contributed by atoms with Gasteiger partial charge in [0.25, 0.3) is 0 Å². The Labute approximate surface area is 130 Å². The van der Waals surface area contributed by atoms with Crippen molar-refractivity contribution in [2.75, 3.05) is 23.5 Å². The van der Waals surface area contributed by atoms with Gasteiger partial charge >= 0.3 is 0 Å². The maximum atomic E-state index is 11.8. The Morgan fingerprint density at radius 3 is 2.35 bits per heavy atom. The molecule has 0 fully saturated rings. The molecule has 1 atom stereocenters. The van der Waals surface area contributed by atoms with Gasteiger partial charge in [0.05, 0.1) is 5.75 Å². The molecule has 0 saturated carbocycles. The van der Waals surface area contributed by atoms with E-state index < -0.39 is 20.6 Å². The summed E-state index contributed by atoms with van der Waals surface area (Å²) in [6.45, 7) is 0. The van der Waals surface area contributed by atoms with Crippen molar-refractivity contribution in [3.05, 3.63) is 34.3 Å². The highest BCUT2D eigenvalue weighted by atomic mass is 79.9. The summed E-state index contributed by atoms with van der Waals surface area (Å²) in [4.78, 5) is 11.8. The van der Waals surface area contributed by atoms with Crippen molar-refractivity contribution in [3.8, 4) is 0 Å². The van der Waals surface area contributed by atoms with E-state index in [2.05, 4.69) is 15.9 Å². The zero-order valence-electron chi connectivity index (χ0n) is 11.2. The van der Waals surface area contributed by atoms with Crippen molar-refractivity contribution in [2.45, 2.75) is 12.8 Å². The van der Waals surface area contributed by atoms with Gasteiger partial charge in [-0.3, -0.25) is 9.00 Å². The maximum absolute atomic E-state index is 11.8. The first-order chi connectivity index (χ1) is 9.28. The molecule has 4 nitrogen and oxygen atoms in total. The van der Waals surface area contributed by atoms with Gasteiger partial charge in [0.1, 0.15) is 9.84 Å². The van der Waals surface area contributed by atoms with E-state index in [0.717, 1.165) is 10.7 Å². The van der Waals surface area contributed by atoms with E-state index in [4.69, 9.17) is 0 Å². The van der Waals surface area contributed by atoms with Gasteiger partial charge in [-0.2, -0.15) is 0 Å².